The number of aromatic nitrogens is 1. The minimum absolute atomic E-state index is 0.0755. The van der Waals surface area contributed by atoms with Crippen LogP contribution in [0.5, 0.6) is 0 Å². The Morgan fingerprint density at radius 2 is 2.09 bits per heavy atom. The quantitative estimate of drug-likeness (QED) is 0.640. The number of pyridine rings is 1. The molecule has 112 valence electrons. The molecule has 0 fully saturated rings. The molecule has 0 saturated carbocycles. The Kier molecular flexibility index (Phi) is 4.75. The number of carbonyl (C=O) groups excluding carboxylic acids is 1. The third kappa shape index (κ3) is 2.79. The first-order valence-electron chi connectivity index (χ1n) is 6.77. The lowest BCUT2D eigenvalue weighted by molar-refractivity contribution is -0.139. The number of hydrogen-bond donors (Lipinski definition) is 0. The summed E-state index contributed by atoms with van der Waals surface area (Å²) >= 11 is 1.17. The molecule has 22 heavy (non-hydrogen) atoms. The average molecular weight is 313 g/mol. The number of ether oxygens (including phenoxy) is 1. The van der Waals surface area contributed by atoms with Crippen LogP contribution in [0.4, 0.5) is 0 Å². The Hall–Kier alpha value is -2.44. The molecule has 2 rings (SSSR count). The first kappa shape index (κ1) is 15.9. The minimum atomic E-state index is -0.358. The lowest BCUT2D eigenvalue weighted by Gasteiger charge is -2.02. The Morgan fingerprint density at radius 3 is 2.68 bits per heavy atom. The van der Waals surface area contributed by atoms with Gasteiger partial charge >= 0.3 is 5.97 Å². The number of rotatable bonds is 4. The molecule has 2 aromatic heterocycles. The highest BCUT2D eigenvalue weighted by Gasteiger charge is 2.21. The number of carbonyl (C=O) groups is 1. The van der Waals surface area contributed by atoms with Crippen LogP contribution in [-0.2, 0) is 9.53 Å². The van der Waals surface area contributed by atoms with Gasteiger partial charge in [0, 0.05) is 6.20 Å². The fraction of sp³-hybridized carbons (Fsp3) is 0.312. The molecule has 0 unspecified atom stereocenters. The maximum Gasteiger partial charge on any atom is 0.316 e. The van der Waals surface area contributed by atoms with Crippen LogP contribution < -0.4 is 0 Å². The summed E-state index contributed by atoms with van der Waals surface area (Å²) < 4.78 is 6.63. The molecular formula is C16H15N3O2S. The van der Waals surface area contributed by atoms with E-state index in [4.69, 9.17) is 4.74 Å². The molecule has 0 aliphatic carbocycles. The third-order valence-corrected chi connectivity index (χ3v) is 4.23. The standard InChI is InChI=1S/C16H15N3O2S/c1-4-21-14(20)9-22-16-12(6-17)15-11(3)5-10(2)8-19(15)13(16)7-18/h5,8H,4,9H2,1-3H3. The van der Waals surface area contributed by atoms with Crippen molar-refractivity contribution in [3.05, 3.63) is 34.6 Å². The number of aryl methyl sites for hydroxylation is 2. The summed E-state index contributed by atoms with van der Waals surface area (Å²) in [5, 5.41) is 19.0. The Balaban J connectivity index is 2.59. The Bertz CT molecular complexity index is 825. The van der Waals surface area contributed by atoms with E-state index in [1.807, 2.05) is 26.1 Å². The van der Waals surface area contributed by atoms with Crippen molar-refractivity contribution in [3.8, 4) is 12.1 Å². The second kappa shape index (κ2) is 6.55. The van der Waals surface area contributed by atoms with Gasteiger partial charge in [0.05, 0.1) is 28.3 Å². The van der Waals surface area contributed by atoms with Gasteiger partial charge in [0.15, 0.2) is 0 Å². The molecule has 0 aromatic carbocycles. The highest BCUT2D eigenvalue weighted by atomic mass is 32.2. The van der Waals surface area contributed by atoms with Crippen LogP contribution in [0, 0.1) is 36.5 Å². The van der Waals surface area contributed by atoms with E-state index in [2.05, 4.69) is 12.1 Å². The maximum absolute atomic E-state index is 11.5. The highest BCUT2D eigenvalue weighted by Crippen LogP contribution is 2.33. The van der Waals surface area contributed by atoms with Crippen molar-refractivity contribution in [1.82, 2.24) is 4.40 Å². The molecule has 5 nitrogen and oxygen atoms in total. The molecule has 6 heteroatoms. The van der Waals surface area contributed by atoms with Crippen LogP contribution in [0.25, 0.3) is 5.52 Å². The van der Waals surface area contributed by atoms with Crippen LogP contribution in [0.15, 0.2) is 17.2 Å². The number of esters is 1. The van der Waals surface area contributed by atoms with Crippen molar-refractivity contribution in [3.63, 3.8) is 0 Å². The van der Waals surface area contributed by atoms with E-state index < -0.39 is 0 Å². The van der Waals surface area contributed by atoms with E-state index in [1.54, 1.807) is 11.3 Å². The van der Waals surface area contributed by atoms with E-state index in [9.17, 15) is 15.3 Å². The number of fused-ring (bicyclic) bond motifs is 1. The van der Waals surface area contributed by atoms with Crippen molar-refractivity contribution in [1.29, 1.82) is 10.5 Å². The average Bonchev–Trinajstić information content (AvgIpc) is 2.78. The number of nitrogens with zero attached hydrogens (tertiary/aromatic N) is 3. The summed E-state index contributed by atoms with van der Waals surface area (Å²) in [6.07, 6.45) is 1.83. The fourth-order valence-corrected chi connectivity index (χ4v) is 3.33. The minimum Gasteiger partial charge on any atom is -0.465 e. The van der Waals surface area contributed by atoms with Gasteiger partial charge in [-0.05, 0) is 31.9 Å². The molecular weight excluding hydrogens is 298 g/mol. The second-order valence-electron chi connectivity index (χ2n) is 4.79. The van der Waals surface area contributed by atoms with Crippen molar-refractivity contribution < 1.29 is 9.53 Å². The van der Waals surface area contributed by atoms with Gasteiger partial charge in [0.1, 0.15) is 17.8 Å². The molecule has 0 saturated heterocycles. The first-order valence-corrected chi connectivity index (χ1v) is 7.75. The van der Waals surface area contributed by atoms with Crippen LogP contribution >= 0.6 is 11.8 Å². The number of thioether (sulfide) groups is 1. The molecule has 0 aliphatic rings. The summed E-state index contributed by atoms with van der Waals surface area (Å²) in [6, 6.07) is 6.28. The molecule has 0 spiro atoms. The van der Waals surface area contributed by atoms with Crippen molar-refractivity contribution >= 4 is 23.2 Å². The van der Waals surface area contributed by atoms with Gasteiger partial charge in [0.25, 0.3) is 0 Å². The van der Waals surface area contributed by atoms with Crippen molar-refractivity contribution in [2.24, 2.45) is 0 Å². The topological polar surface area (TPSA) is 78.3 Å². The highest BCUT2D eigenvalue weighted by molar-refractivity contribution is 8.00. The zero-order valence-corrected chi connectivity index (χ0v) is 13.5. The van der Waals surface area contributed by atoms with Crippen LogP contribution in [0.2, 0.25) is 0 Å². The van der Waals surface area contributed by atoms with Crippen LogP contribution in [-0.4, -0.2) is 22.7 Å². The fourth-order valence-electron chi connectivity index (χ4n) is 2.42. The van der Waals surface area contributed by atoms with Gasteiger partial charge in [-0.1, -0.05) is 6.07 Å². The van der Waals surface area contributed by atoms with Gasteiger partial charge in [-0.15, -0.1) is 11.8 Å². The monoisotopic (exact) mass is 313 g/mol. The van der Waals surface area contributed by atoms with E-state index in [1.165, 1.54) is 11.8 Å². The van der Waals surface area contributed by atoms with Crippen LogP contribution in [0.1, 0.15) is 29.3 Å². The van der Waals surface area contributed by atoms with Gasteiger partial charge in [0.2, 0.25) is 0 Å². The number of nitriles is 2. The molecule has 0 atom stereocenters. The van der Waals surface area contributed by atoms with E-state index >= 15 is 0 Å². The first-order chi connectivity index (χ1) is 10.5. The summed E-state index contributed by atoms with van der Waals surface area (Å²) in [4.78, 5) is 12.1. The van der Waals surface area contributed by atoms with Gasteiger partial charge in [-0.2, -0.15) is 10.5 Å². The summed E-state index contributed by atoms with van der Waals surface area (Å²) in [5.41, 5.74) is 3.46. The molecule has 0 amide bonds. The van der Waals surface area contributed by atoms with Gasteiger partial charge < -0.3 is 9.14 Å². The lowest BCUT2D eigenvalue weighted by atomic mass is 10.1. The van der Waals surface area contributed by atoms with Gasteiger partial charge in [-0.25, -0.2) is 0 Å². The van der Waals surface area contributed by atoms with E-state index in [0.717, 1.165) is 16.6 Å². The van der Waals surface area contributed by atoms with Crippen LogP contribution in [0.3, 0.4) is 0 Å². The molecule has 0 radical (unpaired) electrons. The normalized spacial score (nSPS) is 10.2. The molecule has 0 bridgehead atoms. The zero-order chi connectivity index (χ0) is 16.3. The smallest absolute Gasteiger partial charge is 0.316 e. The predicted molar refractivity (Wildman–Crippen MR) is 83.7 cm³/mol. The maximum atomic E-state index is 11.5. The van der Waals surface area contributed by atoms with E-state index in [-0.39, 0.29) is 11.7 Å². The largest absolute Gasteiger partial charge is 0.465 e. The molecule has 2 heterocycles. The van der Waals surface area contributed by atoms with Crippen molar-refractivity contribution in [2.75, 3.05) is 12.4 Å². The molecule has 0 aliphatic heterocycles. The number of hydrogen-bond acceptors (Lipinski definition) is 5. The predicted octanol–water partition coefficient (Wildman–Crippen LogP) is 2.95. The summed E-state index contributed by atoms with van der Waals surface area (Å²) in [7, 11) is 0. The Labute approximate surface area is 133 Å². The Morgan fingerprint density at radius 1 is 1.36 bits per heavy atom. The summed E-state index contributed by atoms with van der Waals surface area (Å²) in [6.45, 7) is 5.89. The molecule has 2 aromatic rings. The summed E-state index contributed by atoms with van der Waals surface area (Å²) in [5.74, 6) is -0.282. The zero-order valence-electron chi connectivity index (χ0n) is 12.6. The van der Waals surface area contributed by atoms with E-state index in [0.29, 0.717) is 22.8 Å². The second-order valence-corrected chi connectivity index (χ2v) is 5.77. The lowest BCUT2D eigenvalue weighted by Crippen LogP contribution is -2.06. The SMILES string of the molecule is CCOC(=O)CSc1c(C#N)c2c(C)cc(C)cn2c1C#N. The van der Waals surface area contributed by atoms with Crippen molar-refractivity contribution in [2.45, 2.75) is 25.7 Å². The van der Waals surface area contributed by atoms with Gasteiger partial charge in [-0.3, -0.25) is 4.79 Å². The molecule has 0 N–H and O–H groups in total. The third-order valence-electron chi connectivity index (χ3n) is 3.17.